The van der Waals surface area contributed by atoms with Gasteiger partial charge in [-0.2, -0.15) is 0 Å². The van der Waals surface area contributed by atoms with Gasteiger partial charge in [-0.05, 0) is 30.4 Å². The van der Waals surface area contributed by atoms with Crippen molar-refractivity contribution in [1.29, 1.82) is 0 Å². The topological polar surface area (TPSA) is 17.1 Å². The van der Waals surface area contributed by atoms with E-state index in [0.717, 1.165) is 24.8 Å². The Morgan fingerprint density at radius 1 is 1.36 bits per heavy atom. The maximum atomic E-state index is 11.6. The maximum Gasteiger partial charge on any atom is 0.163 e. The van der Waals surface area contributed by atoms with Crippen molar-refractivity contribution >= 4 is 5.78 Å². The van der Waals surface area contributed by atoms with Gasteiger partial charge in [0.2, 0.25) is 0 Å². The van der Waals surface area contributed by atoms with Gasteiger partial charge in [-0.25, -0.2) is 0 Å². The molecule has 0 aliphatic heterocycles. The van der Waals surface area contributed by atoms with Gasteiger partial charge in [0, 0.05) is 12.0 Å². The fraction of sp³-hybridized carbons (Fsp3) is 0.308. The summed E-state index contributed by atoms with van der Waals surface area (Å²) in [6.45, 7) is 3.74. The average molecular weight is 186 g/mol. The van der Waals surface area contributed by atoms with Crippen molar-refractivity contribution in [1.82, 2.24) is 0 Å². The van der Waals surface area contributed by atoms with E-state index in [1.54, 1.807) is 0 Å². The quantitative estimate of drug-likeness (QED) is 0.649. The van der Waals surface area contributed by atoms with Crippen molar-refractivity contribution in [3.63, 3.8) is 0 Å². The number of carbonyl (C=O) groups is 1. The zero-order chi connectivity index (χ0) is 9.97. The minimum Gasteiger partial charge on any atom is -0.294 e. The highest BCUT2D eigenvalue weighted by atomic mass is 16.1. The Labute approximate surface area is 84.5 Å². The number of allylic oxidation sites excluding steroid dienone is 1. The molecule has 0 spiro atoms. The highest BCUT2D eigenvalue weighted by Gasteiger charge is 2.18. The van der Waals surface area contributed by atoms with Crippen LogP contribution in [0.1, 0.15) is 34.3 Å². The second-order valence-corrected chi connectivity index (χ2v) is 3.71. The minimum atomic E-state index is 0.303. The zero-order valence-electron chi connectivity index (χ0n) is 8.25. The molecule has 2 rings (SSSR count). The number of ketones is 1. The van der Waals surface area contributed by atoms with Crippen molar-refractivity contribution < 1.29 is 4.79 Å². The predicted molar refractivity (Wildman–Crippen MR) is 57.6 cm³/mol. The third kappa shape index (κ3) is 1.50. The predicted octanol–water partition coefficient (Wildman–Crippen LogP) is 2.93. The molecule has 0 atom stereocenters. The van der Waals surface area contributed by atoms with Crippen LogP contribution in [0.5, 0.6) is 0 Å². The van der Waals surface area contributed by atoms with Crippen molar-refractivity contribution in [2.24, 2.45) is 0 Å². The first-order chi connectivity index (χ1) is 6.83. The Morgan fingerprint density at radius 2 is 2.21 bits per heavy atom. The van der Waals surface area contributed by atoms with Gasteiger partial charge in [-0.1, -0.05) is 24.3 Å². The normalized spacial score (nSPS) is 15.0. The molecule has 0 amide bonds. The monoisotopic (exact) mass is 186 g/mol. The van der Waals surface area contributed by atoms with Gasteiger partial charge in [0.05, 0.1) is 0 Å². The number of fused-ring (bicyclic) bond motifs is 1. The fourth-order valence-corrected chi connectivity index (χ4v) is 2.10. The number of benzene rings is 1. The van der Waals surface area contributed by atoms with Crippen LogP contribution in [0.25, 0.3) is 0 Å². The largest absolute Gasteiger partial charge is 0.294 e. The highest BCUT2D eigenvalue weighted by Crippen LogP contribution is 2.24. The summed E-state index contributed by atoms with van der Waals surface area (Å²) >= 11 is 0. The third-order valence-electron chi connectivity index (χ3n) is 2.77. The Kier molecular flexibility index (Phi) is 2.49. The molecular formula is C13H14O. The van der Waals surface area contributed by atoms with Crippen LogP contribution in [0.15, 0.2) is 30.9 Å². The molecule has 0 N–H and O–H groups in total. The standard InChI is InChI=1S/C13H14O/c1-2-5-10-6-3-8-12-11(10)7-4-9-13(12)14/h2-3,6,8H,1,4-5,7,9H2. The van der Waals surface area contributed by atoms with Crippen molar-refractivity contribution in [2.75, 3.05) is 0 Å². The summed E-state index contributed by atoms with van der Waals surface area (Å²) in [6, 6.07) is 6.02. The van der Waals surface area contributed by atoms with Crippen LogP contribution in [-0.4, -0.2) is 5.78 Å². The molecule has 0 radical (unpaired) electrons. The van der Waals surface area contributed by atoms with Crippen LogP contribution >= 0.6 is 0 Å². The van der Waals surface area contributed by atoms with Gasteiger partial charge in [0.25, 0.3) is 0 Å². The Morgan fingerprint density at radius 3 is 3.00 bits per heavy atom. The van der Waals surface area contributed by atoms with Gasteiger partial charge in [-0.15, -0.1) is 6.58 Å². The number of Topliss-reactive ketones (excluding diaryl/α,β-unsaturated/α-hetero) is 1. The van der Waals surface area contributed by atoms with Crippen LogP contribution in [0.2, 0.25) is 0 Å². The van der Waals surface area contributed by atoms with Gasteiger partial charge >= 0.3 is 0 Å². The van der Waals surface area contributed by atoms with E-state index in [1.165, 1.54) is 11.1 Å². The van der Waals surface area contributed by atoms with Crippen LogP contribution in [0, 0.1) is 0 Å². The van der Waals surface area contributed by atoms with Gasteiger partial charge in [-0.3, -0.25) is 4.79 Å². The first-order valence-corrected chi connectivity index (χ1v) is 5.08. The molecule has 1 nitrogen and oxygen atoms in total. The van der Waals surface area contributed by atoms with E-state index in [-0.39, 0.29) is 0 Å². The molecule has 1 heteroatoms. The minimum absolute atomic E-state index is 0.303. The Bertz CT molecular complexity index is 377. The lowest BCUT2D eigenvalue weighted by molar-refractivity contribution is 0.0972. The van der Waals surface area contributed by atoms with Crippen LogP contribution in [-0.2, 0) is 12.8 Å². The van der Waals surface area contributed by atoms with Crippen molar-refractivity contribution in [2.45, 2.75) is 25.7 Å². The molecule has 1 aromatic rings. The average Bonchev–Trinajstić information content (AvgIpc) is 2.20. The van der Waals surface area contributed by atoms with Gasteiger partial charge < -0.3 is 0 Å². The smallest absolute Gasteiger partial charge is 0.163 e. The first-order valence-electron chi connectivity index (χ1n) is 5.08. The molecule has 1 aliphatic carbocycles. The number of rotatable bonds is 2. The van der Waals surface area contributed by atoms with Crippen LogP contribution in [0.3, 0.4) is 0 Å². The summed E-state index contributed by atoms with van der Waals surface area (Å²) in [5.74, 6) is 0.303. The summed E-state index contributed by atoms with van der Waals surface area (Å²) in [5, 5.41) is 0. The molecule has 0 saturated heterocycles. The van der Waals surface area contributed by atoms with E-state index in [2.05, 4.69) is 12.6 Å². The molecule has 0 bridgehead atoms. The summed E-state index contributed by atoms with van der Waals surface area (Å²) in [7, 11) is 0. The second kappa shape index (κ2) is 3.79. The molecular weight excluding hydrogens is 172 g/mol. The molecule has 0 fully saturated rings. The fourth-order valence-electron chi connectivity index (χ4n) is 2.10. The number of hydrogen-bond donors (Lipinski definition) is 0. The summed E-state index contributed by atoms with van der Waals surface area (Å²) in [5.41, 5.74) is 3.46. The first kappa shape index (κ1) is 9.20. The zero-order valence-corrected chi connectivity index (χ0v) is 8.25. The maximum absolute atomic E-state index is 11.6. The molecule has 72 valence electrons. The lowest BCUT2D eigenvalue weighted by atomic mass is 9.86. The number of hydrogen-bond acceptors (Lipinski definition) is 1. The molecule has 0 aromatic heterocycles. The summed E-state index contributed by atoms with van der Waals surface area (Å²) in [6.07, 6.45) is 5.53. The number of carbonyl (C=O) groups excluding carboxylic acids is 1. The molecule has 1 aliphatic rings. The van der Waals surface area contributed by atoms with Crippen molar-refractivity contribution in [3.05, 3.63) is 47.5 Å². The lowest BCUT2D eigenvalue weighted by Crippen LogP contribution is -2.12. The molecule has 14 heavy (non-hydrogen) atoms. The van der Waals surface area contributed by atoms with Gasteiger partial charge in [0.1, 0.15) is 0 Å². The Hall–Kier alpha value is -1.37. The van der Waals surface area contributed by atoms with E-state index >= 15 is 0 Å². The molecule has 1 aromatic carbocycles. The molecule has 0 unspecified atom stereocenters. The van der Waals surface area contributed by atoms with E-state index < -0.39 is 0 Å². The SMILES string of the molecule is C=CCc1cccc2c1CCCC2=O. The van der Waals surface area contributed by atoms with E-state index in [0.29, 0.717) is 12.2 Å². The van der Waals surface area contributed by atoms with E-state index in [4.69, 9.17) is 0 Å². The van der Waals surface area contributed by atoms with Crippen molar-refractivity contribution in [3.8, 4) is 0 Å². The van der Waals surface area contributed by atoms with E-state index in [1.807, 2.05) is 18.2 Å². The van der Waals surface area contributed by atoms with Crippen LogP contribution in [0.4, 0.5) is 0 Å². The summed E-state index contributed by atoms with van der Waals surface area (Å²) < 4.78 is 0. The molecule has 0 heterocycles. The molecule has 0 saturated carbocycles. The third-order valence-corrected chi connectivity index (χ3v) is 2.77. The highest BCUT2D eigenvalue weighted by molar-refractivity contribution is 5.98. The Balaban J connectivity index is 2.49. The van der Waals surface area contributed by atoms with E-state index in [9.17, 15) is 4.79 Å². The summed E-state index contributed by atoms with van der Waals surface area (Å²) in [4.78, 5) is 11.6. The second-order valence-electron chi connectivity index (χ2n) is 3.71. The lowest BCUT2D eigenvalue weighted by Gasteiger charge is -2.17. The van der Waals surface area contributed by atoms with Crippen LogP contribution < -0.4 is 0 Å². The van der Waals surface area contributed by atoms with Gasteiger partial charge in [0.15, 0.2) is 5.78 Å².